The van der Waals surface area contributed by atoms with Gasteiger partial charge in [0.15, 0.2) is 0 Å². The summed E-state index contributed by atoms with van der Waals surface area (Å²) < 4.78 is 5.17. The van der Waals surface area contributed by atoms with Crippen LogP contribution in [0.5, 0.6) is 5.75 Å². The Kier molecular flexibility index (Phi) is 5.03. The zero-order valence-corrected chi connectivity index (χ0v) is 14.5. The van der Waals surface area contributed by atoms with E-state index in [-0.39, 0.29) is 18.4 Å². The number of benzene rings is 2. The molecule has 2 amide bonds. The number of amides is 2. The van der Waals surface area contributed by atoms with Gasteiger partial charge in [0.05, 0.1) is 13.7 Å². The first-order valence-corrected chi connectivity index (χ1v) is 8.30. The first-order valence-electron chi connectivity index (χ1n) is 8.30. The van der Waals surface area contributed by atoms with E-state index in [9.17, 15) is 9.59 Å². The number of nitrogens with zero attached hydrogens (tertiary/aromatic N) is 2. The summed E-state index contributed by atoms with van der Waals surface area (Å²) in [5.74, 6) is 0.723. The normalized spacial score (nSPS) is 17.8. The Morgan fingerprint density at radius 2 is 1.68 bits per heavy atom. The van der Waals surface area contributed by atoms with E-state index in [4.69, 9.17) is 4.74 Å². The van der Waals surface area contributed by atoms with Crippen LogP contribution in [0.25, 0.3) is 0 Å². The van der Waals surface area contributed by atoms with Gasteiger partial charge in [-0.3, -0.25) is 9.59 Å². The SMILES string of the molecule is COc1ccc(CN2C(=O)CN(C)C(=O)C2Cc2ccccc2)cc1. The molecule has 5 heteroatoms. The highest BCUT2D eigenvalue weighted by molar-refractivity contribution is 5.94. The van der Waals surface area contributed by atoms with Gasteiger partial charge in [0.2, 0.25) is 11.8 Å². The van der Waals surface area contributed by atoms with Crippen LogP contribution in [0, 0.1) is 0 Å². The highest BCUT2D eigenvalue weighted by atomic mass is 16.5. The maximum Gasteiger partial charge on any atom is 0.245 e. The molecule has 2 aromatic rings. The number of methoxy groups -OCH3 is 1. The molecular formula is C20H22N2O3. The Bertz CT molecular complexity index is 743. The van der Waals surface area contributed by atoms with Gasteiger partial charge in [-0.25, -0.2) is 0 Å². The van der Waals surface area contributed by atoms with Crippen molar-refractivity contribution in [1.29, 1.82) is 0 Å². The molecule has 1 heterocycles. The number of likely N-dealkylation sites (N-methyl/N-ethyl adjacent to an activating group) is 1. The molecule has 25 heavy (non-hydrogen) atoms. The molecule has 3 rings (SSSR count). The molecule has 0 aliphatic carbocycles. The predicted octanol–water partition coefficient (Wildman–Crippen LogP) is 2.11. The fourth-order valence-corrected chi connectivity index (χ4v) is 3.09. The zero-order valence-electron chi connectivity index (χ0n) is 14.5. The van der Waals surface area contributed by atoms with Crippen LogP contribution in [-0.4, -0.2) is 48.4 Å². The molecule has 1 saturated heterocycles. The summed E-state index contributed by atoms with van der Waals surface area (Å²) in [6.07, 6.45) is 0.520. The second-order valence-electron chi connectivity index (χ2n) is 6.27. The number of piperazine rings is 1. The Morgan fingerprint density at radius 1 is 1.00 bits per heavy atom. The van der Waals surface area contributed by atoms with E-state index in [1.807, 2.05) is 54.6 Å². The van der Waals surface area contributed by atoms with Crippen molar-refractivity contribution in [2.24, 2.45) is 0 Å². The van der Waals surface area contributed by atoms with Gasteiger partial charge >= 0.3 is 0 Å². The lowest BCUT2D eigenvalue weighted by Gasteiger charge is -2.39. The molecule has 0 N–H and O–H groups in total. The van der Waals surface area contributed by atoms with Crippen molar-refractivity contribution in [3.05, 3.63) is 65.7 Å². The van der Waals surface area contributed by atoms with E-state index >= 15 is 0 Å². The third-order valence-electron chi connectivity index (χ3n) is 4.51. The quantitative estimate of drug-likeness (QED) is 0.839. The molecule has 1 unspecified atom stereocenters. The van der Waals surface area contributed by atoms with Gasteiger partial charge < -0.3 is 14.5 Å². The lowest BCUT2D eigenvalue weighted by atomic mass is 10.0. The van der Waals surface area contributed by atoms with E-state index in [2.05, 4.69) is 0 Å². The van der Waals surface area contributed by atoms with Crippen LogP contribution in [0.1, 0.15) is 11.1 Å². The number of hydrogen-bond acceptors (Lipinski definition) is 3. The van der Waals surface area contributed by atoms with Crippen LogP contribution < -0.4 is 4.74 Å². The Labute approximate surface area is 147 Å². The predicted molar refractivity (Wildman–Crippen MR) is 95.1 cm³/mol. The molecule has 0 saturated carbocycles. The summed E-state index contributed by atoms with van der Waals surface area (Å²) in [4.78, 5) is 28.5. The molecule has 130 valence electrons. The van der Waals surface area contributed by atoms with E-state index in [1.165, 1.54) is 4.90 Å². The smallest absolute Gasteiger partial charge is 0.245 e. The molecule has 0 aromatic heterocycles. The monoisotopic (exact) mass is 338 g/mol. The molecule has 5 nitrogen and oxygen atoms in total. The Morgan fingerprint density at radius 3 is 2.32 bits per heavy atom. The summed E-state index contributed by atoms with van der Waals surface area (Å²) in [5, 5.41) is 0. The summed E-state index contributed by atoms with van der Waals surface area (Å²) in [6, 6.07) is 16.9. The van der Waals surface area contributed by atoms with Crippen molar-refractivity contribution in [1.82, 2.24) is 9.80 Å². The second-order valence-corrected chi connectivity index (χ2v) is 6.27. The van der Waals surface area contributed by atoms with Crippen LogP contribution >= 0.6 is 0 Å². The number of carbonyl (C=O) groups is 2. The van der Waals surface area contributed by atoms with Crippen molar-refractivity contribution < 1.29 is 14.3 Å². The Balaban J connectivity index is 1.83. The molecule has 1 fully saturated rings. The highest BCUT2D eigenvalue weighted by Crippen LogP contribution is 2.20. The van der Waals surface area contributed by atoms with Gasteiger partial charge in [-0.05, 0) is 23.3 Å². The molecule has 0 spiro atoms. The minimum absolute atomic E-state index is 0.0167. The van der Waals surface area contributed by atoms with E-state index in [0.29, 0.717) is 13.0 Å². The van der Waals surface area contributed by atoms with Gasteiger partial charge in [0.25, 0.3) is 0 Å². The van der Waals surface area contributed by atoms with Crippen LogP contribution in [0.3, 0.4) is 0 Å². The second kappa shape index (κ2) is 7.38. The topological polar surface area (TPSA) is 49.9 Å². The lowest BCUT2D eigenvalue weighted by molar-refractivity contribution is -0.155. The maximum absolute atomic E-state index is 12.7. The molecule has 1 atom stereocenters. The molecule has 1 aliphatic heterocycles. The average Bonchev–Trinajstić information content (AvgIpc) is 2.64. The first-order chi connectivity index (χ1) is 12.1. The summed E-state index contributed by atoms with van der Waals surface area (Å²) >= 11 is 0. The van der Waals surface area contributed by atoms with E-state index < -0.39 is 6.04 Å². The zero-order chi connectivity index (χ0) is 17.8. The molecule has 1 aliphatic rings. The van der Waals surface area contributed by atoms with E-state index in [1.54, 1.807) is 19.1 Å². The molecule has 0 bridgehead atoms. The molecule has 0 radical (unpaired) electrons. The number of hydrogen-bond donors (Lipinski definition) is 0. The summed E-state index contributed by atoms with van der Waals surface area (Å²) in [6.45, 7) is 0.542. The lowest BCUT2D eigenvalue weighted by Crippen LogP contribution is -2.59. The maximum atomic E-state index is 12.7. The fourth-order valence-electron chi connectivity index (χ4n) is 3.09. The average molecular weight is 338 g/mol. The fraction of sp³-hybridized carbons (Fsp3) is 0.300. The third-order valence-corrected chi connectivity index (χ3v) is 4.51. The van der Waals surface area contributed by atoms with Crippen molar-refractivity contribution in [2.45, 2.75) is 19.0 Å². The van der Waals surface area contributed by atoms with Crippen LogP contribution in [-0.2, 0) is 22.6 Å². The number of carbonyl (C=O) groups excluding carboxylic acids is 2. The van der Waals surface area contributed by atoms with Crippen LogP contribution in [0.15, 0.2) is 54.6 Å². The van der Waals surface area contributed by atoms with Gasteiger partial charge in [-0.1, -0.05) is 42.5 Å². The minimum atomic E-state index is -0.476. The highest BCUT2D eigenvalue weighted by Gasteiger charge is 2.37. The van der Waals surface area contributed by atoms with Gasteiger partial charge in [-0.2, -0.15) is 0 Å². The van der Waals surface area contributed by atoms with Gasteiger partial charge in [-0.15, -0.1) is 0 Å². The largest absolute Gasteiger partial charge is 0.497 e. The van der Waals surface area contributed by atoms with Crippen LogP contribution in [0.4, 0.5) is 0 Å². The van der Waals surface area contributed by atoms with Gasteiger partial charge in [0, 0.05) is 20.0 Å². The summed E-state index contributed by atoms with van der Waals surface area (Å²) in [5.41, 5.74) is 2.02. The van der Waals surface area contributed by atoms with Crippen LogP contribution in [0.2, 0.25) is 0 Å². The Hall–Kier alpha value is -2.82. The first kappa shape index (κ1) is 17.0. The van der Waals surface area contributed by atoms with Gasteiger partial charge in [0.1, 0.15) is 11.8 Å². The molecular weight excluding hydrogens is 316 g/mol. The van der Waals surface area contributed by atoms with E-state index in [0.717, 1.165) is 16.9 Å². The molecule has 2 aromatic carbocycles. The standard InChI is InChI=1S/C20H22N2O3/c1-21-14-19(23)22(13-16-8-10-17(25-2)11-9-16)18(20(21)24)12-15-6-4-3-5-7-15/h3-11,18H,12-14H2,1-2H3. The summed E-state index contributed by atoms with van der Waals surface area (Å²) in [7, 11) is 3.30. The number of rotatable bonds is 5. The number of ether oxygens (including phenoxy) is 1. The van der Waals surface area contributed by atoms with Crippen molar-refractivity contribution >= 4 is 11.8 Å². The minimum Gasteiger partial charge on any atom is -0.497 e. The van der Waals surface area contributed by atoms with Crippen molar-refractivity contribution in [3.8, 4) is 5.75 Å². The van der Waals surface area contributed by atoms with Crippen molar-refractivity contribution in [3.63, 3.8) is 0 Å². The third kappa shape index (κ3) is 3.82. The van der Waals surface area contributed by atoms with Crippen molar-refractivity contribution in [2.75, 3.05) is 20.7 Å².